The molecule has 1 aliphatic heterocycles. The number of nitrogens with zero attached hydrogens (tertiary/aromatic N) is 2. The molecule has 7 heteroatoms. The molecule has 148 valence electrons. The summed E-state index contributed by atoms with van der Waals surface area (Å²) in [6.07, 6.45) is 3.61. The molecule has 1 aliphatic rings. The summed E-state index contributed by atoms with van der Waals surface area (Å²) >= 11 is 0. The van der Waals surface area contributed by atoms with Gasteiger partial charge in [0, 0.05) is 18.7 Å². The van der Waals surface area contributed by atoms with E-state index in [1.165, 1.54) is 19.4 Å². The number of para-hydroxylation sites is 2. The van der Waals surface area contributed by atoms with Crippen LogP contribution in [0.4, 0.5) is 10.1 Å². The lowest BCUT2D eigenvalue weighted by molar-refractivity contribution is -0.123. The van der Waals surface area contributed by atoms with Crippen LogP contribution in [0.3, 0.4) is 0 Å². The molecule has 0 bridgehead atoms. The summed E-state index contributed by atoms with van der Waals surface area (Å²) in [5.74, 6) is 0.316. The van der Waals surface area contributed by atoms with Crippen LogP contribution in [0.25, 0.3) is 0 Å². The van der Waals surface area contributed by atoms with Gasteiger partial charge in [-0.15, -0.1) is 0 Å². The molecule has 1 N–H and O–H groups in total. The van der Waals surface area contributed by atoms with E-state index in [1.54, 1.807) is 18.2 Å². The molecular weight excluding hydrogens is 361 g/mol. The van der Waals surface area contributed by atoms with Crippen molar-refractivity contribution in [3.05, 3.63) is 53.3 Å². The highest BCUT2D eigenvalue weighted by Crippen LogP contribution is 2.27. The minimum atomic E-state index is -0.422. The zero-order chi connectivity index (χ0) is 19.9. The molecule has 0 unspecified atom stereocenters. The largest absolute Gasteiger partial charge is 0.493 e. The van der Waals surface area contributed by atoms with Crippen LogP contribution in [0.15, 0.2) is 41.5 Å². The zero-order valence-electron chi connectivity index (χ0n) is 16.1. The van der Waals surface area contributed by atoms with Gasteiger partial charge in [0.15, 0.2) is 18.1 Å². The second-order valence-electron chi connectivity index (χ2n) is 6.59. The van der Waals surface area contributed by atoms with Crippen LogP contribution >= 0.6 is 0 Å². The second-order valence-corrected chi connectivity index (χ2v) is 6.59. The molecule has 1 saturated heterocycles. The van der Waals surface area contributed by atoms with Crippen molar-refractivity contribution in [3.63, 3.8) is 0 Å². The molecule has 1 fully saturated rings. The van der Waals surface area contributed by atoms with Crippen LogP contribution in [-0.2, 0) is 4.79 Å². The number of amides is 1. The molecular formula is C21H24FN3O3. The predicted molar refractivity (Wildman–Crippen MR) is 107 cm³/mol. The third-order valence-corrected chi connectivity index (χ3v) is 4.60. The van der Waals surface area contributed by atoms with E-state index in [9.17, 15) is 9.18 Å². The van der Waals surface area contributed by atoms with E-state index in [4.69, 9.17) is 9.47 Å². The quantitative estimate of drug-likeness (QED) is 0.587. The van der Waals surface area contributed by atoms with E-state index in [-0.39, 0.29) is 12.4 Å². The van der Waals surface area contributed by atoms with Crippen molar-refractivity contribution in [2.24, 2.45) is 5.10 Å². The van der Waals surface area contributed by atoms with Crippen LogP contribution < -0.4 is 19.8 Å². The Hall–Kier alpha value is -3.09. The number of methoxy groups -OCH3 is 1. The van der Waals surface area contributed by atoms with Crippen LogP contribution in [-0.4, -0.2) is 38.9 Å². The minimum absolute atomic E-state index is 0.209. The first-order valence-electron chi connectivity index (χ1n) is 9.21. The van der Waals surface area contributed by atoms with Gasteiger partial charge in [-0.1, -0.05) is 12.1 Å². The monoisotopic (exact) mass is 385 g/mol. The number of aryl methyl sites for hydroxylation is 1. The van der Waals surface area contributed by atoms with Crippen LogP contribution in [0.2, 0.25) is 0 Å². The van der Waals surface area contributed by atoms with E-state index >= 15 is 0 Å². The second kappa shape index (κ2) is 9.21. The van der Waals surface area contributed by atoms with Gasteiger partial charge in [-0.3, -0.25) is 4.79 Å². The molecule has 0 aromatic heterocycles. The Bertz CT molecular complexity index is 864. The normalized spacial score (nSPS) is 13.8. The number of hydrogen-bond donors (Lipinski definition) is 1. The van der Waals surface area contributed by atoms with Crippen LogP contribution in [0, 0.1) is 12.7 Å². The standard InChI is InChI=1S/C21H24FN3O3/c1-15-11-18(25-9-5-6-10-25)17(22)12-16(15)13-23-24-21(26)14-28-20-8-4-3-7-19(20)27-2/h3-4,7-8,11-13H,5-6,9-10,14H2,1-2H3,(H,24,26). The SMILES string of the molecule is COc1ccccc1OCC(=O)NN=Cc1cc(F)c(N2CCCC2)cc1C. The molecule has 2 aromatic rings. The Labute approximate surface area is 163 Å². The average molecular weight is 385 g/mol. The maximum absolute atomic E-state index is 14.4. The maximum atomic E-state index is 14.4. The van der Waals surface area contributed by atoms with Crippen molar-refractivity contribution in [1.29, 1.82) is 0 Å². The van der Waals surface area contributed by atoms with E-state index in [1.807, 2.05) is 19.1 Å². The number of nitrogens with one attached hydrogen (secondary N) is 1. The van der Waals surface area contributed by atoms with Gasteiger partial charge >= 0.3 is 0 Å². The van der Waals surface area contributed by atoms with Crippen molar-refractivity contribution in [3.8, 4) is 11.5 Å². The van der Waals surface area contributed by atoms with Crippen LogP contribution in [0.5, 0.6) is 11.5 Å². The number of carbonyl (C=O) groups excluding carboxylic acids is 1. The molecule has 0 aliphatic carbocycles. The summed E-state index contributed by atoms with van der Waals surface area (Å²) in [6, 6.07) is 10.3. The van der Waals surface area contributed by atoms with Crippen molar-refractivity contribution < 1.29 is 18.7 Å². The summed E-state index contributed by atoms with van der Waals surface area (Å²) in [4.78, 5) is 14.0. The molecule has 28 heavy (non-hydrogen) atoms. The molecule has 1 amide bonds. The molecule has 6 nitrogen and oxygen atoms in total. The lowest BCUT2D eigenvalue weighted by Gasteiger charge is -2.19. The summed E-state index contributed by atoms with van der Waals surface area (Å²) in [5, 5.41) is 3.91. The van der Waals surface area contributed by atoms with Crippen LogP contribution in [0.1, 0.15) is 24.0 Å². The molecule has 3 rings (SSSR count). The van der Waals surface area contributed by atoms with E-state index in [0.29, 0.717) is 22.7 Å². The Kier molecular flexibility index (Phi) is 6.47. The van der Waals surface area contributed by atoms with Gasteiger partial charge in [-0.25, -0.2) is 9.82 Å². The summed E-state index contributed by atoms with van der Waals surface area (Å²) in [7, 11) is 1.53. The first-order valence-corrected chi connectivity index (χ1v) is 9.21. The van der Waals surface area contributed by atoms with Crippen molar-refractivity contribution in [2.45, 2.75) is 19.8 Å². The van der Waals surface area contributed by atoms with Gasteiger partial charge < -0.3 is 14.4 Å². The van der Waals surface area contributed by atoms with Crippen molar-refractivity contribution in [2.75, 3.05) is 31.7 Å². The molecule has 2 aromatic carbocycles. The summed E-state index contributed by atoms with van der Waals surface area (Å²) in [5.41, 5.74) is 4.53. The Morgan fingerprint density at radius 3 is 2.68 bits per heavy atom. The van der Waals surface area contributed by atoms with Gasteiger partial charge in [-0.2, -0.15) is 5.10 Å². The zero-order valence-corrected chi connectivity index (χ0v) is 16.1. The van der Waals surface area contributed by atoms with E-state index in [0.717, 1.165) is 31.5 Å². The topological polar surface area (TPSA) is 63.2 Å². The fraction of sp³-hybridized carbons (Fsp3) is 0.333. The number of ether oxygens (including phenoxy) is 2. The highest BCUT2D eigenvalue weighted by atomic mass is 19.1. The van der Waals surface area contributed by atoms with Crippen molar-refractivity contribution >= 4 is 17.8 Å². The molecule has 0 saturated carbocycles. The number of benzene rings is 2. The molecule has 0 radical (unpaired) electrons. The first-order chi connectivity index (χ1) is 13.6. The number of halogens is 1. The third kappa shape index (κ3) is 4.79. The fourth-order valence-electron chi connectivity index (χ4n) is 3.11. The average Bonchev–Trinajstić information content (AvgIpc) is 3.23. The van der Waals surface area contributed by atoms with E-state index < -0.39 is 5.91 Å². The van der Waals surface area contributed by atoms with Gasteiger partial charge in [0.05, 0.1) is 19.0 Å². The summed E-state index contributed by atoms with van der Waals surface area (Å²) < 4.78 is 25.0. The number of anilines is 1. The third-order valence-electron chi connectivity index (χ3n) is 4.60. The predicted octanol–water partition coefficient (Wildman–Crippen LogP) is 3.27. The Morgan fingerprint density at radius 2 is 1.96 bits per heavy atom. The van der Waals surface area contributed by atoms with Gasteiger partial charge in [-0.05, 0) is 49.6 Å². The van der Waals surface area contributed by atoms with E-state index in [2.05, 4.69) is 15.4 Å². The Morgan fingerprint density at radius 1 is 1.25 bits per heavy atom. The van der Waals surface area contributed by atoms with Gasteiger partial charge in [0.2, 0.25) is 0 Å². The van der Waals surface area contributed by atoms with Crippen molar-refractivity contribution in [1.82, 2.24) is 5.43 Å². The number of hydrogen-bond acceptors (Lipinski definition) is 5. The smallest absolute Gasteiger partial charge is 0.277 e. The Balaban J connectivity index is 1.56. The highest BCUT2D eigenvalue weighted by molar-refractivity contribution is 5.85. The number of rotatable bonds is 7. The molecule has 1 heterocycles. The summed E-state index contributed by atoms with van der Waals surface area (Å²) in [6.45, 7) is 3.45. The first kappa shape index (κ1) is 19.7. The van der Waals surface area contributed by atoms with Gasteiger partial charge in [0.25, 0.3) is 5.91 Å². The maximum Gasteiger partial charge on any atom is 0.277 e. The molecule has 0 spiro atoms. The highest BCUT2D eigenvalue weighted by Gasteiger charge is 2.17. The lowest BCUT2D eigenvalue weighted by atomic mass is 10.1. The fourth-order valence-corrected chi connectivity index (χ4v) is 3.11. The lowest BCUT2D eigenvalue weighted by Crippen LogP contribution is -2.24. The number of hydrazone groups is 1. The minimum Gasteiger partial charge on any atom is -0.493 e. The number of carbonyl (C=O) groups is 1. The molecule has 0 atom stereocenters. The van der Waals surface area contributed by atoms with Gasteiger partial charge in [0.1, 0.15) is 5.82 Å².